The van der Waals surface area contributed by atoms with Crippen molar-refractivity contribution in [3.05, 3.63) is 30.3 Å². The smallest absolute Gasteiger partial charge is 0.315 e. The Morgan fingerprint density at radius 3 is 2.42 bits per heavy atom. The summed E-state index contributed by atoms with van der Waals surface area (Å²) >= 11 is 0. The Hall–Kier alpha value is -1.75. The van der Waals surface area contributed by atoms with Crippen LogP contribution in [0.5, 0.6) is 0 Å². The van der Waals surface area contributed by atoms with Gasteiger partial charge in [-0.3, -0.25) is 0 Å². The Labute approximate surface area is 145 Å². The minimum Gasteiger partial charge on any atom is -0.396 e. The largest absolute Gasteiger partial charge is 0.396 e. The summed E-state index contributed by atoms with van der Waals surface area (Å²) in [5.41, 5.74) is 1.17. The van der Waals surface area contributed by atoms with Gasteiger partial charge in [0.15, 0.2) is 0 Å². The number of carbonyl (C=O) groups excluding carboxylic acids is 1. The van der Waals surface area contributed by atoms with Crippen molar-refractivity contribution in [1.29, 1.82) is 0 Å². The fourth-order valence-electron chi connectivity index (χ4n) is 3.16. The van der Waals surface area contributed by atoms with E-state index in [2.05, 4.69) is 60.6 Å². The summed E-state index contributed by atoms with van der Waals surface area (Å²) in [4.78, 5) is 14.6. The zero-order chi connectivity index (χ0) is 17.6. The highest BCUT2D eigenvalue weighted by Crippen LogP contribution is 2.22. The number of anilines is 1. The third kappa shape index (κ3) is 5.41. The van der Waals surface area contributed by atoms with Crippen molar-refractivity contribution in [2.24, 2.45) is 5.41 Å². The maximum atomic E-state index is 12.3. The molecule has 1 aliphatic heterocycles. The van der Waals surface area contributed by atoms with E-state index in [1.807, 2.05) is 6.07 Å². The third-order valence-corrected chi connectivity index (χ3v) is 4.72. The molecule has 0 radical (unpaired) electrons. The molecule has 1 aromatic carbocycles. The van der Waals surface area contributed by atoms with Crippen molar-refractivity contribution in [3.63, 3.8) is 0 Å². The summed E-state index contributed by atoms with van der Waals surface area (Å²) in [6, 6.07) is 10.4. The second-order valence-corrected chi connectivity index (χ2v) is 7.65. The lowest BCUT2D eigenvalue weighted by atomic mass is 9.85. The highest BCUT2D eigenvalue weighted by atomic mass is 16.3. The van der Waals surface area contributed by atoms with Gasteiger partial charge in [0, 0.05) is 37.5 Å². The van der Waals surface area contributed by atoms with Crippen LogP contribution >= 0.6 is 0 Å². The van der Waals surface area contributed by atoms with Gasteiger partial charge in [-0.05, 0) is 36.8 Å². The molecule has 0 spiro atoms. The van der Waals surface area contributed by atoms with Gasteiger partial charge in [0.25, 0.3) is 0 Å². The average Bonchev–Trinajstić information content (AvgIpc) is 2.55. The van der Waals surface area contributed by atoms with Crippen LogP contribution in [0.15, 0.2) is 30.3 Å². The van der Waals surface area contributed by atoms with Crippen LogP contribution in [0.4, 0.5) is 10.5 Å². The molecular formula is C19H31N3O2. The molecule has 134 valence electrons. The van der Waals surface area contributed by atoms with Crippen molar-refractivity contribution < 1.29 is 9.90 Å². The molecule has 0 aromatic heterocycles. The van der Waals surface area contributed by atoms with E-state index in [9.17, 15) is 9.90 Å². The number of piperidine rings is 1. The summed E-state index contributed by atoms with van der Waals surface area (Å²) in [5.74, 6) is 0. The monoisotopic (exact) mass is 333 g/mol. The van der Waals surface area contributed by atoms with Crippen molar-refractivity contribution in [2.45, 2.75) is 52.1 Å². The molecule has 1 atom stereocenters. The first-order valence-electron chi connectivity index (χ1n) is 8.88. The first-order valence-corrected chi connectivity index (χ1v) is 8.88. The Kier molecular flexibility index (Phi) is 6.49. The molecule has 0 saturated carbocycles. The number of hydrogen-bond donors (Lipinski definition) is 3. The summed E-state index contributed by atoms with van der Waals surface area (Å²) in [7, 11) is 0. The predicted molar refractivity (Wildman–Crippen MR) is 98.3 cm³/mol. The van der Waals surface area contributed by atoms with E-state index >= 15 is 0 Å². The van der Waals surface area contributed by atoms with Crippen molar-refractivity contribution in [2.75, 3.05) is 24.6 Å². The maximum Gasteiger partial charge on any atom is 0.315 e. The van der Waals surface area contributed by atoms with E-state index < -0.39 is 0 Å². The minimum atomic E-state index is -0.124. The molecule has 24 heavy (non-hydrogen) atoms. The van der Waals surface area contributed by atoms with Gasteiger partial charge >= 0.3 is 6.03 Å². The lowest BCUT2D eigenvalue weighted by Gasteiger charge is -2.35. The van der Waals surface area contributed by atoms with Gasteiger partial charge in [0.2, 0.25) is 0 Å². The van der Waals surface area contributed by atoms with Crippen LogP contribution < -0.4 is 15.5 Å². The van der Waals surface area contributed by atoms with E-state index in [0.29, 0.717) is 6.42 Å². The molecule has 5 heteroatoms. The molecule has 1 saturated heterocycles. The summed E-state index contributed by atoms with van der Waals surface area (Å²) < 4.78 is 0. The molecule has 0 bridgehead atoms. The highest BCUT2D eigenvalue weighted by molar-refractivity contribution is 5.74. The molecule has 1 fully saturated rings. The van der Waals surface area contributed by atoms with Gasteiger partial charge in [-0.25, -0.2) is 4.79 Å². The zero-order valence-electron chi connectivity index (χ0n) is 15.1. The average molecular weight is 333 g/mol. The van der Waals surface area contributed by atoms with Gasteiger partial charge < -0.3 is 20.6 Å². The quantitative estimate of drug-likeness (QED) is 0.776. The van der Waals surface area contributed by atoms with Gasteiger partial charge in [0.05, 0.1) is 0 Å². The fourth-order valence-corrected chi connectivity index (χ4v) is 3.16. The number of benzene rings is 1. The molecule has 1 aromatic rings. The fraction of sp³-hybridized carbons (Fsp3) is 0.632. The van der Waals surface area contributed by atoms with E-state index in [4.69, 9.17) is 0 Å². The SMILES string of the molecule is CC(C)(C)[C@@H](CCO)NC(=O)NC1CCN(c2ccccc2)CC1. The number of aliphatic hydroxyl groups is 1. The predicted octanol–water partition coefficient (Wildman–Crippen LogP) is 2.75. The molecule has 1 aliphatic rings. The van der Waals surface area contributed by atoms with Crippen LogP contribution in [-0.4, -0.2) is 42.9 Å². The minimum absolute atomic E-state index is 0.0353. The number of rotatable bonds is 5. The van der Waals surface area contributed by atoms with Crippen LogP contribution in [0.25, 0.3) is 0 Å². The standard InChI is InChI=1S/C19H31N3O2/c1-19(2,3)17(11-14-23)21-18(24)20-15-9-12-22(13-10-15)16-7-5-4-6-8-16/h4-8,15,17,23H,9-14H2,1-3H3,(H2,20,21,24)/t17-/m1/s1. The van der Waals surface area contributed by atoms with Crippen LogP contribution in [0.3, 0.4) is 0 Å². The summed E-state index contributed by atoms with van der Waals surface area (Å²) in [6.07, 6.45) is 2.47. The normalized spacial score (nSPS) is 17.4. The van der Waals surface area contributed by atoms with Gasteiger partial charge in [-0.15, -0.1) is 0 Å². The Morgan fingerprint density at radius 1 is 1.25 bits per heavy atom. The van der Waals surface area contributed by atoms with Crippen LogP contribution in [0.2, 0.25) is 0 Å². The number of nitrogens with one attached hydrogen (secondary N) is 2. The second-order valence-electron chi connectivity index (χ2n) is 7.65. The van der Waals surface area contributed by atoms with E-state index in [1.54, 1.807) is 0 Å². The van der Waals surface area contributed by atoms with Crippen molar-refractivity contribution in [1.82, 2.24) is 10.6 Å². The number of aliphatic hydroxyl groups excluding tert-OH is 1. The number of para-hydroxylation sites is 1. The van der Waals surface area contributed by atoms with Gasteiger partial charge in [-0.1, -0.05) is 39.0 Å². The number of urea groups is 1. The van der Waals surface area contributed by atoms with E-state index in [1.165, 1.54) is 5.69 Å². The molecule has 1 heterocycles. The molecule has 0 aliphatic carbocycles. The molecule has 2 rings (SSSR count). The number of hydrogen-bond acceptors (Lipinski definition) is 3. The van der Waals surface area contributed by atoms with E-state index in [-0.39, 0.29) is 30.1 Å². The first-order chi connectivity index (χ1) is 11.4. The Bertz CT molecular complexity index is 505. The van der Waals surface area contributed by atoms with Crippen LogP contribution in [-0.2, 0) is 0 Å². The van der Waals surface area contributed by atoms with Crippen LogP contribution in [0.1, 0.15) is 40.0 Å². The number of nitrogens with zero attached hydrogens (tertiary/aromatic N) is 1. The van der Waals surface area contributed by atoms with Gasteiger partial charge in [0.1, 0.15) is 0 Å². The molecule has 5 nitrogen and oxygen atoms in total. The molecule has 0 unspecified atom stereocenters. The Morgan fingerprint density at radius 2 is 1.88 bits per heavy atom. The van der Waals surface area contributed by atoms with Crippen molar-refractivity contribution in [3.8, 4) is 0 Å². The van der Waals surface area contributed by atoms with Crippen LogP contribution in [0, 0.1) is 5.41 Å². The highest BCUT2D eigenvalue weighted by Gasteiger charge is 2.27. The van der Waals surface area contributed by atoms with Gasteiger partial charge in [-0.2, -0.15) is 0 Å². The van der Waals surface area contributed by atoms with E-state index in [0.717, 1.165) is 25.9 Å². The lowest BCUT2D eigenvalue weighted by Crippen LogP contribution is -2.53. The molecule has 3 N–H and O–H groups in total. The molecular weight excluding hydrogens is 302 g/mol. The number of amides is 2. The second kappa shape index (κ2) is 8.38. The Balaban J connectivity index is 1.79. The topological polar surface area (TPSA) is 64.6 Å². The maximum absolute atomic E-state index is 12.3. The van der Waals surface area contributed by atoms with Crippen molar-refractivity contribution >= 4 is 11.7 Å². The lowest BCUT2D eigenvalue weighted by molar-refractivity contribution is 0.186. The number of carbonyl (C=O) groups is 1. The summed E-state index contributed by atoms with van der Waals surface area (Å²) in [5, 5.41) is 15.3. The molecule has 2 amide bonds. The summed E-state index contributed by atoms with van der Waals surface area (Å²) in [6.45, 7) is 8.21. The third-order valence-electron chi connectivity index (χ3n) is 4.72. The first kappa shape index (κ1) is 18.6. The zero-order valence-corrected chi connectivity index (χ0v) is 15.1.